The van der Waals surface area contributed by atoms with Crippen molar-refractivity contribution in [1.82, 2.24) is 0 Å². The molecule has 1 rings (SSSR count). The second kappa shape index (κ2) is 4.59. The highest BCUT2D eigenvalue weighted by Crippen LogP contribution is 2.57. The largest absolute Gasteiger partial charge is 0.457 e. The molecule has 112 valence electrons. The molecule has 0 amide bonds. The zero-order valence-corrected chi connectivity index (χ0v) is 9.31. The fourth-order valence-corrected chi connectivity index (χ4v) is 1.91. The number of alkyl halides is 9. The van der Waals surface area contributed by atoms with Gasteiger partial charge in [0.1, 0.15) is 0 Å². The number of hydrogen-bond acceptors (Lipinski definition) is 0. The lowest BCUT2D eigenvalue weighted by Gasteiger charge is -2.38. The molecule has 0 spiro atoms. The fraction of sp³-hybridized carbons (Fsp3) is 0.800. The first kappa shape index (κ1) is 16.2. The minimum absolute atomic E-state index is 0.0679. The molecule has 9 heteroatoms. The Kier molecular flexibility index (Phi) is 3.90. The highest BCUT2D eigenvalue weighted by Gasteiger charge is 2.82. The van der Waals surface area contributed by atoms with Gasteiger partial charge in [-0.05, 0) is 31.3 Å². The standard InChI is InChI=1S/C10H9F9/c11-7(9(14,15)16,6-4-2-1-3-5-6)8(12,13)10(17,18)19/h4H,1-3,5H2. The molecule has 0 aliphatic heterocycles. The van der Waals surface area contributed by atoms with Crippen LogP contribution in [0.15, 0.2) is 11.6 Å². The topological polar surface area (TPSA) is 0 Å². The van der Waals surface area contributed by atoms with E-state index in [2.05, 4.69) is 0 Å². The zero-order chi connectivity index (χ0) is 15.1. The predicted octanol–water partition coefficient (Wildman–Crippen LogP) is 4.96. The van der Waals surface area contributed by atoms with Crippen LogP contribution in [0.1, 0.15) is 25.7 Å². The van der Waals surface area contributed by atoms with Crippen LogP contribution in [0.3, 0.4) is 0 Å². The zero-order valence-electron chi connectivity index (χ0n) is 9.31. The SMILES string of the molecule is FC(F)(F)C(F)(F)C(F)(C1=CCCCC1)C(F)(F)F. The third-order valence-electron chi connectivity index (χ3n) is 2.91. The van der Waals surface area contributed by atoms with Gasteiger partial charge < -0.3 is 0 Å². The summed E-state index contributed by atoms with van der Waals surface area (Å²) in [5, 5.41) is 0. The fourth-order valence-electron chi connectivity index (χ4n) is 1.91. The summed E-state index contributed by atoms with van der Waals surface area (Å²) in [4.78, 5) is 0. The maximum absolute atomic E-state index is 13.8. The molecule has 1 aliphatic rings. The van der Waals surface area contributed by atoms with Gasteiger partial charge in [-0.2, -0.15) is 35.1 Å². The lowest BCUT2D eigenvalue weighted by Crippen LogP contribution is -2.63. The Balaban J connectivity index is 3.41. The smallest absolute Gasteiger partial charge is 0.222 e. The molecule has 1 atom stereocenters. The minimum atomic E-state index is -6.63. The summed E-state index contributed by atoms with van der Waals surface area (Å²) in [6.45, 7) is 0. The quantitative estimate of drug-likeness (QED) is 0.500. The van der Waals surface area contributed by atoms with Crippen LogP contribution in [0, 0.1) is 0 Å². The van der Waals surface area contributed by atoms with Gasteiger partial charge in [-0.1, -0.05) is 6.08 Å². The number of rotatable bonds is 2. The Morgan fingerprint density at radius 3 is 1.58 bits per heavy atom. The van der Waals surface area contributed by atoms with Crippen LogP contribution in [0.25, 0.3) is 0 Å². The predicted molar refractivity (Wildman–Crippen MR) is 47.4 cm³/mol. The van der Waals surface area contributed by atoms with Gasteiger partial charge in [-0.25, -0.2) is 4.39 Å². The molecular weight excluding hydrogens is 291 g/mol. The molecule has 0 aromatic carbocycles. The average molecular weight is 300 g/mol. The molecule has 0 aromatic heterocycles. The molecule has 0 saturated carbocycles. The van der Waals surface area contributed by atoms with Crippen LogP contribution in [0.5, 0.6) is 0 Å². The van der Waals surface area contributed by atoms with E-state index in [4.69, 9.17) is 0 Å². The molecule has 1 unspecified atom stereocenters. The normalized spacial score (nSPS) is 21.8. The van der Waals surface area contributed by atoms with Gasteiger partial charge in [0.2, 0.25) is 0 Å². The van der Waals surface area contributed by atoms with Crippen molar-refractivity contribution in [1.29, 1.82) is 0 Å². The second-order valence-electron chi connectivity index (χ2n) is 4.20. The summed E-state index contributed by atoms with van der Waals surface area (Å²) in [7, 11) is 0. The number of halogens is 9. The van der Waals surface area contributed by atoms with E-state index in [0.717, 1.165) is 0 Å². The van der Waals surface area contributed by atoms with E-state index in [9.17, 15) is 39.5 Å². The van der Waals surface area contributed by atoms with Crippen molar-refractivity contribution in [3.05, 3.63) is 11.6 Å². The highest BCUT2D eigenvalue weighted by atomic mass is 19.4. The summed E-state index contributed by atoms with van der Waals surface area (Å²) in [5.41, 5.74) is -7.26. The van der Waals surface area contributed by atoms with Crippen molar-refractivity contribution in [3.8, 4) is 0 Å². The van der Waals surface area contributed by atoms with Crippen molar-refractivity contribution < 1.29 is 39.5 Å². The Morgan fingerprint density at radius 2 is 1.26 bits per heavy atom. The van der Waals surface area contributed by atoms with Gasteiger partial charge in [-0.15, -0.1) is 0 Å². The van der Waals surface area contributed by atoms with Gasteiger partial charge in [0.15, 0.2) is 0 Å². The monoisotopic (exact) mass is 300 g/mol. The summed E-state index contributed by atoms with van der Waals surface area (Å²) < 4.78 is 114. The van der Waals surface area contributed by atoms with E-state index in [1.54, 1.807) is 0 Å². The van der Waals surface area contributed by atoms with Gasteiger partial charge >= 0.3 is 18.3 Å². The average Bonchev–Trinajstić information content (AvgIpc) is 2.25. The molecule has 0 fully saturated rings. The van der Waals surface area contributed by atoms with Crippen molar-refractivity contribution >= 4 is 0 Å². The lowest BCUT2D eigenvalue weighted by atomic mass is 9.81. The maximum Gasteiger partial charge on any atom is 0.457 e. The minimum Gasteiger partial charge on any atom is -0.222 e. The van der Waals surface area contributed by atoms with Gasteiger partial charge in [0.25, 0.3) is 5.67 Å². The van der Waals surface area contributed by atoms with E-state index < -0.39 is 35.9 Å². The molecule has 19 heavy (non-hydrogen) atoms. The number of hydrogen-bond donors (Lipinski definition) is 0. The van der Waals surface area contributed by atoms with Crippen LogP contribution < -0.4 is 0 Å². The Hall–Kier alpha value is -0.890. The van der Waals surface area contributed by atoms with Crippen molar-refractivity contribution in [2.45, 2.75) is 49.6 Å². The van der Waals surface area contributed by atoms with Crippen LogP contribution in [-0.2, 0) is 0 Å². The van der Waals surface area contributed by atoms with Gasteiger partial charge in [0.05, 0.1) is 0 Å². The van der Waals surface area contributed by atoms with Gasteiger partial charge in [0, 0.05) is 0 Å². The molecule has 1 aliphatic carbocycles. The summed E-state index contributed by atoms with van der Waals surface area (Å²) in [5.74, 6) is -6.53. The van der Waals surface area contributed by atoms with Crippen molar-refractivity contribution in [2.24, 2.45) is 0 Å². The van der Waals surface area contributed by atoms with E-state index in [1.807, 2.05) is 0 Å². The van der Waals surface area contributed by atoms with E-state index in [-0.39, 0.29) is 12.8 Å². The van der Waals surface area contributed by atoms with E-state index in [0.29, 0.717) is 12.5 Å². The lowest BCUT2D eigenvalue weighted by molar-refractivity contribution is -0.373. The van der Waals surface area contributed by atoms with Crippen LogP contribution in [0.2, 0.25) is 0 Å². The highest BCUT2D eigenvalue weighted by molar-refractivity contribution is 5.28. The Morgan fingerprint density at radius 1 is 0.737 bits per heavy atom. The molecule has 0 bridgehead atoms. The molecule has 0 N–H and O–H groups in total. The van der Waals surface area contributed by atoms with Crippen molar-refractivity contribution in [2.75, 3.05) is 0 Å². The summed E-state index contributed by atoms with van der Waals surface area (Å²) >= 11 is 0. The first-order valence-corrected chi connectivity index (χ1v) is 5.25. The molecule has 0 aromatic rings. The van der Waals surface area contributed by atoms with Crippen LogP contribution in [0.4, 0.5) is 39.5 Å². The Labute approximate surface area is 102 Å². The maximum atomic E-state index is 13.8. The van der Waals surface area contributed by atoms with E-state index in [1.165, 1.54) is 0 Å². The molecular formula is C10H9F9. The first-order chi connectivity index (χ1) is 8.36. The molecule has 0 nitrogen and oxygen atoms in total. The number of allylic oxidation sites excluding steroid dienone is 2. The van der Waals surface area contributed by atoms with Crippen LogP contribution >= 0.6 is 0 Å². The third-order valence-corrected chi connectivity index (χ3v) is 2.91. The Bertz CT molecular complexity index is 362. The second-order valence-corrected chi connectivity index (χ2v) is 4.20. The summed E-state index contributed by atoms with van der Waals surface area (Å²) in [6.07, 6.45) is -13.2. The van der Waals surface area contributed by atoms with Crippen LogP contribution in [-0.4, -0.2) is 23.9 Å². The van der Waals surface area contributed by atoms with Crippen molar-refractivity contribution in [3.63, 3.8) is 0 Å². The first-order valence-electron chi connectivity index (χ1n) is 5.25. The molecule has 0 saturated heterocycles. The van der Waals surface area contributed by atoms with Gasteiger partial charge in [-0.3, -0.25) is 0 Å². The third kappa shape index (κ3) is 2.43. The molecule has 0 heterocycles. The molecule has 0 radical (unpaired) electrons. The summed E-state index contributed by atoms with van der Waals surface area (Å²) in [6, 6.07) is 0. The van der Waals surface area contributed by atoms with E-state index >= 15 is 0 Å².